The summed E-state index contributed by atoms with van der Waals surface area (Å²) in [5.41, 5.74) is -1.07. The van der Waals surface area contributed by atoms with Crippen molar-refractivity contribution in [3.05, 3.63) is 29.8 Å². The third-order valence-electron chi connectivity index (χ3n) is 1.69. The van der Waals surface area contributed by atoms with Gasteiger partial charge in [0.1, 0.15) is 5.67 Å². The maximum absolute atomic E-state index is 13.2. The first-order valence-corrected chi connectivity index (χ1v) is 5.53. The molecule has 1 aromatic carbocycles. The van der Waals surface area contributed by atoms with Gasteiger partial charge < -0.3 is 5.11 Å². The monoisotopic (exact) mass is 228 g/mol. The third-order valence-corrected chi connectivity index (χ3v) is 3.19. The summed E-state index contributed by atoms with van der Waals surface area (Å²) in [6, 6.07) is 6.63. The number of thioether (sulfide) groups is 1. The maximum atomic E-state index is 13.2. The van der Waals surface area contributed by atoms with Crippen molar-refractivity contribution in [2.75, 3.05) is 5.75 Å². The normalized spacial score (nSPS) is 11.4. The van der Waals surface area contributed by atoms with Crippen molar-refractivity contribution in [1.29, 1.82) is 0 Å². The lowest BCUT2D eigenvalue weighted by molar-refractivity contribution is 0.0693. The van der Waals surface area contributed by atoms with Gasteiger partial charge in [-0.15, -0.1) is 11.8 Å². The summed E-state index contributed by atoms with van der Waals surface area (Å²) in [5, 5.41) is 8.89. The van der Waals surface area contributed by atoms with E-state index in [1.165, 1.54) is 31.7 Å². The van der Waals surface area contributed by atoms with E-state index in [4.69, 9.17) is 5.11 Å². The Kier molecular flexibility index (Phi) is 3.74. The van der Waals surface area contributed by atoms with Crippen molar-refractivity contribution in [1.82, 2.24) is 0 Å². The zero-order chi connectivity index (χ0) is 11.5. The van der Waals surface area contributed by atoms with Gasteiger partial charge in [0, 0.05) is 10.6 Å². The van der Waals surface area contributed by atoms with Crippen LogP contribution in [0.4, 0.5) is 4.39 Å². The van der Waals surface area contributed by atoms with E-state index in [0.29, 0.717) is 4.90 Å². The molecular weight excluding hydrogens is 215 g/mol. The molecule has 1 N–H and O–H groups in total. The minimum Gasteiger partial charge on any atom is -0.478 e. The summed E-state index contributed by atoms with van der Waals surface area (Å²) in [4.78, 5) is 11.4. The van der Waals surface area contributed by atoms with Crippen LogP contribution < -0.4 is 0 Å². The highest BCUT2D eigenvalue weighted by Gasteiger charge is 2.17. The van der Waals surface area contributed by atoms with Crippen LogP contribution in [0.2, 0.25) is 0 Å². The zero-order valence-corrected chi connectivity index (χ0v) is 9.47. The summed E-state index contributed by atoms with van der Waals surface area (Å²) in [6.07, 6.45) is 0. The molecule has 0 saturated carbocycles. The van der Waals surface area contributed by atoms with Crippen LogP contribution in [-0.4, -0.2) is 22.5 Å². The fourth-order valence-corrected chi connectivity index (χ4v) is 2.00. The molecule has 0 heterocycles. The van der Waals surface area contributed by atoms with Gasteiger partial charge in [-0.25, -0.2) is 9.18 Å². The molecule has 0 fully saturated rings. The molecule has 0 atom stereocenters. The van der Waals surface area contributed by atoms with Gasteiger partial charge in [0.25, 0.3) is 0 Å². The molecule has 0 aliphatic heterocycles. The molecule has 0 aromatic heterocycles. The van der Waals surface area contributed by atoms with Crippen molar-refractivity contribution in [3.8, 4) is 0 Å². The van der Waals surface area contributed by atoms with E-state index in [1.54, 1.807) is 18.2 Å². The van der Waals surface area contributed by atoms with Crippen LogP contribution in [-0.2, 0) is 0 Å². The van der Waals surface area contributed by atoms with Crippen molar-refractivity contribution in [2.24, 2.45) is 0 Å². The largest absolute Gasteiger partial charge is 0.478 e. The van der Waals surface area contributed by atoms with Gasteiger partial charge in [-0.2, -0.15) is 0 Å². The number of halogens is 1. The number of rotatable bonds is 4. The number of aromatic carboxylic acids is 1. The van der Waals surface area contributed by atoms with E-state index in [-0.39, 0.29) is 11.3 Å². The maximum Gasteiger partial charge on any atom is 0.336 e. The van der Waals surface area contributed by atoms with E-state index in [9.17, 15) is 9.18 Å². The Hall–Kier alpha value is -1.03. The van der Waals surface area contributed by atoms with E-state index in [0.717, 1.165) is 0 Å². The van der Waals surface area contributed by atoms with Gasteiger partial charge in [-0.1, -0.05) is 12.1 Å². The molecule has 0 aliphatic carbocycles. The summed E-state index contributed by atoms with van der Waals surface area (Å²) in [6.45, 7) is 2.95. The average molecular weight is 228 g/mol. The van der Waals surface area contributed by atoms with Crippen LogP contribution in [0.1, 0.15) is 24.2 Å². The smallest absolute Gasteiger partial charge is 0.336 e. The highest BCUT2D eigenvalue weighted by Crippen LogP contribution is 2.27. The Morgan fingerprint density at radius 3 is 2.60 bits per heavy atom. The average Bonchev–Trinajstić information content (AvgIpc) is 2.14. The minimum absolute atomic E-state index is 0.228. The summed E-state index contributed by atoms with van der Waals surface area (Å²) in [7, 11) is 0. The fourth-order valence-electron chi connectivity index (χ4n) is 1.02. The Morgan fingerprint density at radius 2 is 2.07 bits per heavy atom. The fraction of sp³-hybridized carbons (Fsp3) is 0.364. The quantitative estimate of drug-likeness (QED) is 0.804. The molecule has 15 heavy (non-hydrogen) atoms. The van der Waals surface area contributed by atoms with Gasteiger partial charge in [-0.3, -0.25) is 0 Å². The van der Waals surface area contributed by atoms with E-state index in [2.05, 4.69) is 0 Å². The van der Waals surface area contributed by atoms with Crippen molar-refractivity contribution in [2.45, 2.75) is 24.4 Å². The molecule has 0 spiro atoms. The molecule has 1 aromatic rings. The van der Waals surface area contributed by atoms with Crippen LogP contribution in [0.3, 0.4) is 0 Å². The standard InChI is InChI=1S/C11H13FO2S/c1-11(2,12)7-15-9-6-4-3-5-8(9)10(13)14/h3-6H,7H2,1-2H3,(H,13,14). The highest BCUT2D eigenvalue weighted by molar-refractivity contribution is 7.99. The summed E-state index contributed by atoms with van der Waals surface area (Å²) < 4.78 is 13.2. The second-order valence-electron chi connectivity index (χ2n) is 3.81. The van der Waals surface area contributed by atoms with Crippen molar-refractivity contribution >= 4 is 17.7 Å². The van der Waals surface area contributed by atoms with Gasteiger partial charge in [0.05, 0.1) is 5.56 Å². The third kappa shape index (κ3) is 3.91. The second kappa shape index (κ2) is 4.66. The number of benzene rings is 1. The number of alkyl halides is 1. The highest BCUT2D eigenvalue weighted by atomic mass is 32.2. The van der Waals surface area contributed by atoms with Crippen molar-refractivity contribution in [3.63, 3.8) is 0 Å². The molecule has 0 saturated heterocycles. The molecule has 0 amide bonds. The molecule has 0 bridgehead atoms. The SMILES string of the molecule is CC(C)(F)CSc1ccccc1C(=O)O. The molecule has 2 nitrogen and oxygen atoms in total. The Balaban J connectivity index is 2.81. The first-order chi connectivity index (χ1) is 6.90. The number of hydrogen-bond acceptors (Lipinski definition) is 2. The summed E-state index contributed by atoms with van der Waals surface area (Å²) >= 11 is 1.23. The second-order valence-corrected chi connectivity index (χ2v) is 4.83. The lowest BCUT2D eigenvalue weighted by Crippen LogP contribution is -2.15. The molecule has 0 radical (unpaired) electrons. The molecule has 0 unspecified atom stereocenters. The zero-order valence-electron chi connectivity index (χ0n) is 8.66. The Morgan fingerprint density at radius 1 is 1.47 bits per heavy atom. The van der Waals surface area contributed by atoms with Gasteiger partial charge >= 0.3 is 5.97 Å². The van der Waals surface area contributed by atoms with Crippen molar-refractivity contribution < 1.29 is 14.3 Å². The Labute approximate surface area is 92.5 Å². The van der Waals surface area contributed by atoms with Crippen LogP contribution >= 0.6 is 11.8 Å². The topological polar surface area (TPSA) is 37.3 Å². The first-order valence-electron chi connectivity index (χ1n) is 4.54. The number of hydrogen-bond donors (Lipinski definition) is 1. The minimum atomic E-state index is -1.30. The predicted octanol–water partition coefficient (Wildman–Crippen LogP) is 3.23. The molecule has 0 aliphatic rings. The molecule has 82 valence electrons. The molecule has 4 heteroatoms. The van der Waals surface area contributed by atoms with Gasteiger partial charge in [-0.05, 0) is 26.0 Å². The number of carbonyl (C=O) groups is 1. The number of carboxylic acids is 1. The molecule has 1 rings (SSSR count). The lowest BCUT2D eigenvalue weighted by atomic mass is 10.2. The number of carboxylic acid groups (broad SMARTS) is 1. The van der Waals surface area contributed by atoms with E-state index in [1.807, 2.05) is 0 Å². The van der Waals surface area contributed by atoms with Gasteiger partial charge in [0.15, 0.2) is 0 Å². The lowest BCUT2D eigenvalue weighted by Gasteiger charge is -2.13. The van der Waals surface area contributed by atoms with Gasteiger partial charge in [0.2, 0.25) is 0 Å². The van der Waals surface area contributed by atoms with Crippen LogP contribution in [0, 0.1) is 0 Å². The van der Waals surface area contributed by atoms with E-state index < -0.39 is 11.6 Å². The summed E-state index contributed by atoms with van der Waals surface area (Å²) in [5.74, 6) is -0.730. The van der Waals surface area contributed by atoms with Crippen LogP contribution in [0.15, 0.2) is 29.2 Å². The molecular formula is C11H13FO2S. The van der Waals surface area contributed by atoms with Crippen LogP contribution in [0.5, 0.6) is 0 Å². The van der Waals surface area contributed by atoms with Crippen LogP contribution in [0.25, 0.3) is 0 Å². The van der Waals surface area contributed by atoms with E-state index >= 15 is 0 Å². The predicted molar refractivity (Wildman–Crippen MR) is 59.3 cm³/mol. The Bertz CT molecular complexity index is 358. The first kappa shape index (κ1) is 12.0.